The lowest BCUT2D eigenvalue weighted by Crippen LogP contribution is -2.44. The van der Waals surface area contributed by atoms with E-state index >= 15 is 0 Å². The van der Waals surface area contributed by atoms with E-state index in [1.54, 1.807) is 7.11 Å². The molecule has 122 valence electrons. The van der Waals surface area contributed by atoms with E-state index in [9.17, 15) is 0 Å². The van der Waals surface area contributed by atoms with Gasteiger partial charge in [-0.05, 0) is 42.7 Å². The third kappa shape index (κ3) is 5.34. The van der Waals surface area contributed by atoms with Gasteiger partial charge in [0.1, 0.15) is 0 Å². The fourth-order valence-corrected chi connectivity index (χ4v) is 2.90. The molecule has 0 bridgehead atoms. The van der Waals surface area contributed by atoms with Crippen LogP contribution in [0.15, 0.2) is 29.3 Å². The Morgan fingerprint density at radius 3 is 2.36 bits per heavy atom. The number of aliphatic imine (C=N–C) groups is 1. The van der Waals surface area contributed by atoms with Crippen LogP contribution >= 0.6 is 0 Å². The van der Waals surface area contributed by atoms with Crippen molar-refractivity contribution in [3.63, 3.8) is 0 Å². The van der Waals surface area contributed by atoms with Gasteiger partial charge in [0.15, 0.2) is 5.96 Å². The molecule has 22 heavy (non-hydrogen) atoms. The first kappa shape index (κ1) is 16.8. The molecule has 0 atom stereocenters. The molecule has 0 saturated heterocycles. The molecule has 1 aliphatic rings. The topological polar surface area (TPSA) is 45.7 Å². The van der Waals surface area contributed by atoms with Crippen molar-refractivity contribution in [2.45, 2.75) is 51.8 Å². The summed E-state index contributed by atoms with van der Waals surface area (Å²) in [5.41, 5.74) is 2.45. The molecule has 1 fully saturated rings. The summed E-state index contributed by atoms with van der Waals surface area (Å²) in [6.45, 7) is 3.80. The van der Waals surface area contributed by atoms with Gasteiger partial charge in [0.25, 0.3) is 0 Å². The molecule has 1 aliphatic carbocycles. The van der Waals surface area contributed by atoms with Crippen LogP contribution < -0.4 is 10.6 Å². The lowest BCUT2D eigenvalue weighted by atomic mass is 9.87. The SMILES string of the molecule is CN=C(NCc1ccc(COC)cc1)NC1CCC(C)CC1. The van der Waals surface area contributed by atoms with Crippen molar-refractivity contribution in [3.8, 4) is 0 Å². The minimum atomic E-state index is 0.562. The van der Waals surface area contributed by atoms with Crippen molar-refractivity contribution in [1.29, 1.82) is 0 Å². The second-order valence-corrected chi connectivity index (χ2v) is 6.28. The van der Waals surface area contributed by atoms with Gasteiger partial charge in [0.05, 0.1) is 6.61 Å². The van der Waals surface area contributed by atoms with Gasteiger partial charge in [-0.1, -0.05) is 31.2 Å². The van der Waals surface area contributed by atoms with Crippen molar-refractivity contribution >= 4 is 5.96 Å². The van der Waals surface area contributed by atoms with Gasteiger partial charge in [-0.25, -0.2) is 0 Å². The molecule has 0 spiro atoms. The maximum atomic E-state index is 5.13. The van der Waals surface area contributed by atoms with Gasteiger partial charge in [-0.15, -0.1) is 0 Å². The Morgan fingerprint density at radius 1 is 1.14 bits per heavy atom. The van der Waals surface area contributed by atoms with Gasteiger partial charge < -0.3 is 15.4 Å². The van der Waals surface area contributed by atoms with Crippen LogP contribution in [-0.4, -0.2) is 26.2 Å². The van der Waals surface area contributed by atoms with Gasteiger partial charge in [0.2, 0.25) is 0 Å². The van der Waals surface area contributed by atoms with Crippen LogP contribution in [0.4, 0.5) is 0 Å². The van der Waals surface area contributed by atoms with Crippen LogP contribution in [0, 0.1) is 5.92 Å². The Kier molecular flexibility index (Phi) is 6.72. The van der Waals surface area contributed by atoms with Crippen LogP contribution in [0.1, 0.15) is 43.7 Å². The summed E-state index contributed by atoms with van der Waals surface area (Å²) in [7, 11) is 3.56. The first-order chi connectivity index (χ1) is 10.7. The monoisotopic (exact) mass is 303 g/mol. The minimum absolute atomic E-state index is 0.562. The molecule has 0 aliphatic heterocycles. The van der Waals surface area contributed by atoms with E-state index in [1.165, 1.54) is 36.8 Å². The Hall–Kier alpha value is -1.55. The second-order valence-electron chi connectivity index (χ2n) is 6.28. The summed E-state index contributed by atoms with van der Waals surface area (Å²) < 4.78 is 5.13. The molecular formula is C18H29N3O. The van der Waals surface area contributed by atoms with Crippen LogP contribution in [0.2, 0.25) is 0 Å². The Morgan fingerprint density at radius 2 is 1.77 bits per heavy atom. The molecule has 4 heteroatoms. The van der Waals surface area contributed by atoms with E-state index in [2.05, 4.69) is 46.8 Å². The molecule has 0 heterocycles. The zero-order chi connectivity index (χ0) is 15.8. The first-order valence-corrected chi connectivity index (χ1v) is 8.25. The number of nitrogens with zero attached hydrogens (tertiary/aromatic N) is 1. The lowest BCUT2D eigenvalue weighted by Gasteiger charge is -2.28. The highest BCUT2D eigenvalue weighted by Crippen LogP contribution is 2.23. The molecule has 1 aromatic rings. The fraction of sp³-hybridized carbons (Fsp3) is 0.611. The molecule has 1 saturated carbocycles. The number of hydrogen-bond acceptors (Lipinski definition) is 2. The lowest BCUT2D eigenvalue weighted by molar-refractivity contribution is 0.185. The van der Waals surface area contributed by atoms with Crippen molar-refractivity contribution in [1.82, 2.24) is 10.6 Å². The molecule has 1 aromatic carbocycles. The average Bonchev–Trinajstić information content (AvgIpc) is 2.55. The standard InChI is InChI=1S/C18H29N3O/c1-14-4-10-17(11-5-14)21-18(19-2)20-12-15-6-8-16(9-7-15)13-22-3/h6-9,14,17H,4-5,10-13H2,1-3H3,(H2,19,20,21). The van der Waals surface area contributed by atoms with Gasteiger partial charge in [-0.3, -0.25) is 4.99 Å². The Labute approximate surface area is 134 Å². The summed E-state index contributed by atoms with van der Waals surface area (Å²) in [5.74, 6) is 1.78. The fourth-order valence-electron chi connectivity index (χ4n) is 2.90. The van der Waals surface area contributed by atoms with Crippen molar-refractivity contribution in [3.05, 3.63) is 35.4 Å². The van der Waals surface area contributed by atoms with Gasteiger partial charge in [0, 0.05) is 26.7 Å². The summed E-state index contributed by atoms with van der Waals surface area (Å²) in [5, 5.41) is 6.95. The number of methoxy groups -OCH3 is 1. The molecular weight excluding hydrogens is 274 g/mol. The maximum absolute atomic E-state index is 5.13. The van der Waals surface area contributed by atoms with E-state index in [0.29, 0.717) is 12.6 Å². The smallest absolute Gasteiger partial charge is 0.191 e. The number of benzene rings is 1. The average molecular weight is 303 g/mol. The molecule has 2 rings (SSSR count). The highest BCUT2D eigenvalue weighted by atomic mass is 16.5. The predicted octanol–water partition coefficient (Wildman–Crippen LogP) is 3.08. The largest absolute Gasteiger partial charge is 0.380 e. The molecule has 0 aromatic heterocycles. The normalized spacial score (nSPS) is 22.4. The first-order valence-electron chi connectivity index (χ1n) is 8.25. The highest BCUT2D eigenvalue weighted by molar-refractivity contribution is 5.79. The summed E-state index contributed by atoms with van der Waals surface area (Å²) in [6.07, 6.45) is 5.12. The van der Waals surface area contributed by atoms with E-state index in [4.69, 9.17) is 4.74 Å². The molecule has 0 amide bonds. The van der Waals surface area contributed by atoms with Crippen molar-refractivity contribution < 1.29 is 4.74 Å². The molecule has 0 unspecified atom stereocenters. The van der Waals surface area contributed by atoms with Gasteiger partial charge >= 0.3 is 0 Å². The highest BCUT2D eigenvalue weighted by Gasteiger charge is 2.18. The number of ether oxygens (including phenoxy) is 1. The van der Waals surface area contributed by atoms with E-state index in [0.717, 1.165) is 18.4 Å². The number of guanidine groups is 1. The number of hydrogen-bond donors (Lipinski definition) is 2. The van der Waals surface area contributed by atoms with Crippen LogP contribution in [0.25, 0.3) is 0 Å². The van der Waals surface area contributed by atoms with Crippen molar-refractivity contribution in [2.75, 3.05) is 14.2 Å². The maximum Gasteiger partial charge on any atom is 0.191 e. The van der Waals surface area contributed by atoms with E-state index < -0.39 is 0 Å². The van der Waals surface area contributed by atoms with E-state index in [-0.39, 0.29) is 0 Å². The molecule has 0 radical (unpaired) electrons. The van der Waals surface area contributed by atoms with Crippen molar-refractivity contribution in [2.24, 2.45) is 10.9 Å². The van der Waals surface area contributed by atoms with Gasteiger partial charge in [-0.2, -0.15) is 0 Å². The Bertz CT molecular complexity index is 462. The molecule has 4 nitrogen and oxygen atoms in total. The third-order valence-corrected chi connectivity index (χ3v) is 4.37. The predicted molar refractivity (Wildman–Crippen MR) is 91.9 cm³/mol. The summed E-state index contributed by atoms with van der Waals surface area (Å²) >= 11 is 0. The second kappa shape index (κ2) is 8.79. The minimum Gasteiger partial charge on any atom is -0.380 e. The van der Waals surface area contributed by atoms with Crippen LogP contribution in [0.3, 0.4) is 0 Å². The van der Waals surface area contributed by atoms with E-state index in [1.807, 2.05) is 7.05 Å². The quantitative estimate of drug-likeness (QED) is 0.649. The number of nitrogens with one attached hydrogen (secondary N) is 2. The summed E-state index contributed by atoms with van der Waals surface area (Å²) in [6, 6.07) is 9.05. The zero-order valence-corrected chi connectivity index (χ0v) is 14.1. The molecule has 2 N–H and O–H groups in total. The van der Waals surface area contributed by atoms with Crippen LogP contribution in [-0.2, 0) is 17.9 Å². The zero-order valence-electron chi connectivity index (χ0n) is 14.1. The van der Waals surface area contributed by atoms with Crippen LogP contribution in [0.5, 0.6) is 0 Å². The Balaban J connectivity index is 1.78. The third-order valence-electron chi connectivity index (χ3n) is 4.37. The summed E-state index contributed by atoms with van der Waals surface area (Å²) in [4.78, 5) is 4.34. The number of rotatable bonds is 5.